The van der Waals surface area contributed by atoms with Gasteiger partial charge in [-0.15, -0.1) is 0 Å². The van der Waals surface area contributed by atoms with Crippen LogP contribution in [-0.4, -0.2) is 24.0 Å². The lowest BCUT2D eigenvalue weighted by Crippen LogP contribution is -2.37. The number of carbonyl (C=O) groups excluding carboxylic acids is 1. The van der Waals surface area contributed by atoms with Gasteiger partial charge in [0.05, 0.1) is 17.7 Å². The number of amides is 1. The molecule has 1 amide bonds. The largest absolute Gasteiger partial charge is 0.481 e. The van der Waals surface area contributed by atoms with Gasteiger partial charge >= 0.3 is 0 Å². The van der Waals surface area contributed by atoms with Crippen LogP contribution in [0.25, 0.3) is 0 Å². The van der Waals surface area contributed by atoms with Gasteiger partial charge in [-0.05, 0) is 43.7 Å². The molecule has 2 aromatic carbocycles. The molecule has 1 atom stereocenters. The molecule has 4 nitrogen and oxygen atoms in total. The summed E-state index contributed by atoms with van der Waals surface area (Å²) in [7, 11) is 0. The average Bonchev–Trinajstić information content (AvgIpc) is 2.61. The van der Waals surface area contributed by atoms with E-state index >= 15 is 0 Å². The van der Waals surface area contributed by atoms with E-state index in [0.717, 1.165) is 17.7 Å². The van der Waals surface area contributed by atoms with Crippen molar-refractivity contribution in [3.8, 4) is 11.8 Å². The number of likely N-dealkylation sites (N-methyl/N-ethyl adjacent to an activating group) is 1. The minimum Gasteiger partial charge on any atom is -0.481 e. The molecular formula is C19H18F2N2O2. The van der Waals surface area contributed by atoms with Crippen molar-refractivity contribution in [3.63, 3.8) is 0 Å². The van der Waals surface area contributed by atoms with E-state index in [1.54, 1.807) is 29.2 Å². The van der Waals surface area contributed by atoms with Crippen LogP contribution in [0.4, 0.5) is 8.78 Å². The molecule has 2 aromatic rings. The SMILES string of the molecule is CCN(C(=O)COc1ccc(F)cc1F)C(C)c1ccc(C#N)cc1. The summed E-state index contributed by atoms with van der Waals surface area (Å²) in [6.07, 6.45) is 0. The Morgan fingerprint density at radius 2 is 1.92 bits per heavy atom. The number of carbonyl (C=O) groups is 1. The van der Waals surface area contributed by atoms with E-state index in [0.29, 0.717) is 18.2 Å². The number of nitrogens with zero attached hydrogens (tertiary/aromatic N) is 2. The number of rotatable bonds is 6. The molecule has 0 saturated carbocycles. The summed E-state index contributed by atoms with van der Waals surface area (Å²) in [5.74, 6) is -2.04. The van der Waals surface area contributed by atoms with Crippen LogP contribution < -0.4 is 4.74 Å². The topological polar surface area (TPSA) is 53.3 Å². The van der Waals surface area contributed by atoms with Gasteiger partial charge in [-0.1, -0.05) is 12.1 Å². The maximum atomic E-state index is 13.6. The van der Waals surface area contributed by atoms with Crippen molar-refractivity contribution in [1.82, 2.24) is 4.90 Å². The predicted molar refractivity (Wildman–Crippen MR) is 88.8 cm³/mol. The molecule has 6 heteroatoms. The van der Waals surface area contributed by atoms with Crippen LogP contribution in [0.3, 0.4) is 0 Å². The van der Waals surface area contributed by atoms with Gasteiger partial charge in [0.25, 0.3) is 5.91 Å². The summed E-state index contributed by atoms with van der Waals surface area (Å²) in [4.78, 5) is 14.0. The quantitative estimate of drug-likeness (QED) is 0.800. The van der Waals surface area contributed by atoms with E-state index in [4.69, 9.17) is 10.00 Å². The Morgan fingerprint density at radius 1 is 1.24 bits per heavy atom. The van der Waals surface area contributed by atoms with Gasteiger partial charge in [0.2, 0.25) is 0 Å². The van der Waals surface area contributed by atoms with Crippen molar-refractivity contribution < 1.29 is 18.3 Å². The molecule has 1 unspecified atom stereocenters. The molecule has 0 fully saturated rings. The average molecular weight is 344 g/mol. The summed E-state index contributed by atoms with van der Waals surface area (Å²) in [5.41, 5.74) is 1.42. The fourth-order valence-corrected chi connectivity index (χ4v) is 2.50. The van der Waals surface area contributed by atoms with Crippen LogP contribution in [0.5, 0.6) is 5.75 Å². The highest BCUT2D eigenvalue weighted by atomic mass is 19.1. The molecule has 0 saturated heterocycles. The maximum Gasteiger partial charge on any atom is 0.261 e. The summed E-state index contributed by atoms with van der Waals surface area (Å²) < 4.78 is 31.6. The number of benzene rings is 2. The molecule has 0 aliphatic carbocycles. The second-order valence-electron chi connectivity index (χ2n) is 5.45. The number of hydrogen-bond donors (Lipinski definition) is 0. The lowest BCUT2D eigenvalue weighted by atomic mass is 10.0. The van der Waals surface area contributed by atoms with Crippen molar-refractivity contribution in [2.75, 3.05) is 13.2 Å². The first kappa shape index (κ1) is 18.4. The lowest BCUT2D eigenvalue weighted by Gasteiger charge is -2.28. The van der Waals surface area contributed by atoms with Crippen molar-refractivity contribution in [3.05, 3.63) is 65.2 Å². The van der Waals surface area contributed by atoms with Crippen LogP contribution >= 0.6 is 0 Å². The van der Waals surface area contributed by atoms with Crippen molar-refractivity contribution in [2.24, 2.45) is 0 Å². The van der Waals surface area contributed by atoms with E-state index in [2.05, 4.69) is 0 Å². The Bertz CT molecular complexity index is 785. The number of halogens is 2. The second-order valence-corrected chi connectivity index (χ2v) is 5.45. The van der Waals surface area contributed by atoms with Crippen LogP contribution in [0, 0.1) is 23.0 Å². The predicted octanol–water partition coefficient (Wildman–Crippen LogP) is 3.82. The van der Waals surface area contributed by atoms with Gasteiger partial charge in [0.1, 0.15) is 5.82 Å². The van der Waals surface area contributed by atoms with Crippen LogP contribution in [0.15, 0.2) is 42.5 Å². The standard InChI is InChI=1S/C19H18F2N2O2/c1-3-23(13(2)15-6-4-14(11-22)5-7-15)19(24)12-25-18-9-8-16(20)10-17(18)21/h4-10,13H,3,12H2,1-2H3. The molecular weight excluding hydrogens is 326 g/mol. The molecule has 0 spiro atoms. The molecule has 0 radical (unpaired) electrons. The lowest BCUT2D eigenvalue weighted by molar-refractivity contribution is -0.135. The third-order valence-electron chi connectivity index (χ3n) is 3.90. The van der Waals surface area contributed by atoms with E-state index < -0.39 is 11.6 Å². The molecule has 0 bridgehead atoms. The zero-order valence-corrected chi connectivity index (χ0v) is 14.0. The van der Waals surface area contributed by atoms with E-state index in [1.807, 2.05) is 19.9 Å². The van der Waals surface area contributed by atoms with E-state index in [-0.39, 0.29) is 24.3 Å². The van der Waals surface area contributed by atoms with Gasteiger partial charge < -0.3 is 9.64 Å². The summed E-state index contributed by atoms with van der Waals surface area (Å²) in [6, 6.07) is 11.7. The molecule has 0 aromatic heterocycles. The summed E-state index contributed by atoms with van der Waals surface area (Å²) in [6.45, 7) is 3.78. The van der Waals surface area contributed by atoms with Crippen molar-refractivity contribution >= 4 is 5.91 Å². The minimum atomic E-state index is -0.851. The first-order valence-electron chi connectivity index (χ1n) is 7.83. The molecule has 0 heterocycles. The Balaban J connectivity index is 2.05. The van der Waals surface area contributed by atoms with E-state index in [1.165, 1.54) is 0 Å². The zero-order valence-electron chi connectivity index (χ0n) is 14.0. The van der Waals surface area contributed by atoms with Gasteiger partial charge in [-0.3, -0.25) is 4.79 Å². The zero-order chi connectivity index (χ0) is 18.4. The van der Waals surface area contributed by atoms with Crippen LogP contribution in [0.2, 0.25) is 0 Å². The molecule has 25 heavy (non-hydrogen) atoms. The third kappa shape index (κ3) is 4.54. The maximum absolute atomic E-state index is 13.6. The smallest absolute Gasteiger partial charge is 0.261 e. The molecule has 0 aliphatic rings. The van der Waals surface area contributed by atoms with Crippen LogP contribution in [0.1, 0.15) is 31.0 Å². The summed E-state index contributed by atoms with van der Waals surface area (Å²) in [5, 5.41) is 8.84. The molecule has 130 valence electrons. The Labute approximate surface area is 145 Å². The van der Waals surface area contributed by atoms with Crippen molar-refractivity contribution in [1.29, 1.82) is 5.26 Å². The highest BCUT2D eigenvalue weighted by Crippen LogP contribution is 2.22. The number of ether oxygens (including phenoxy) is 1. The highest BCUT2D eigenvalue weighted by Gasteiger charge is 2.21. The number of nitriles is 1. The highest BCUT2D eigenvalue weighted by molar-refractivity contribution is 5.78. The fraction of sp³-hybridized carbons (Fsp3) is 0.263. The number of hydrogen-bond acceptors (Lipinski definition) is 3. The second kappa shape index (κ2) is 8.25. The Hall–Kier alpha value is -2.94. The Kier molecular flexibility index (Phi) is 6.07. The Morgan fingerprint density at radius 3 is 2.48 bits per heavy atom. The minimum absolute atomic E-state index is 0.170. The molecule has 2 rings (SSSR count). The van der Waals surface area contributed by atoms with Gasteiger partial charge in [-0.2, -0.15) is 5.26 Å². The van der Waals surface area contributed by atoms with Crippen LogP contribution in [-0.2, 0) is 4.79 Å². The fourth-order valence-electron chi connectivity index (χ4n) is 2.50. The molecule has 0 N–H and O–H groups in total. The van der Waals surface area contributed by atoms with Gasteiger partial charge in [0, 0.05) is 12.6 Å². The normalized spacial score (nSPS) is 11.5. The first-order valence-corrected chi connectivity index (χ1v) is 7.83. The van der Waals surface area contributed by atoms with E-state index in [9.17, 15) is 13.6 Å². The monoisotopic (exact) mass is 344 g/mol. The summed E-state index contributed by atoms with van der Waals surface area (Å²) >= 11 is 0. The first-order chi connectivity index (χ1) is 12.0. The van der Waals surface area contributed by atoms with Gasteiger partial charge in [0.15, 0.2) is 18.2 Å². The van der Waals surface area contributed by atoms with Crippen molar-refractivity contribution in [2.45, 2.75) is 19.9 Å². The third-order valence-corrected chi connectivity index (χ3v) is 3.90. The molecule has 0 aliphatic heterocycles. The van der Waals surface area contributed by atoms with Gasteiger partial charge in [-0.25, -0.2) is 8.78 Å².